The molecular formula is C64H128NO8P. The van der Waals surface area contributed by atoms with Gasteiger partial charge in [-0.25, -0.2) is 0 Å². The number of carbonyl (C=O) groups excluding carboxylic acids is 2. The van der Waals surface area contributed by atoms with Gasteiger partial charge >= 0.3 is 11.9 Å². The first-order valence-electron chi connectivity index (χ1n) is 32.7. The fourth-order valence-electron chi connectivity index (χ4n) is 10.1. The highest BCUT2D eigenvalue weighted by Gasteiger charge is 2.22. The van der Waals surface area contributed by atoms with E-state index in [9.17, 15) is 19.0 Å². The second kappa shape index (κ2) is 56.7. The van der Waals surface area contributed by atoms with E-state index >= 15 is 0 Å². The quantitative estimate of drug-likeness (QED) is 0.0256. The van der Waals surface area contributed by atoms with Crippen LogP contribution in [-0.4, -0.2) is 70.0 Å². The van der Waals surface area contributed by atoms with Gasteiger partial charge in [0.1, 0.15) is 19.8 Å². The number of hydrogen-bond donors (Lipinski definition) is 0. The van der Waals surface area contributed by atoms with Gasteiger partial charge in [0.05, 0.1) is 27.7 Å². The van der Waals surface area contributed by atoms with Gasteiger partial charge in [0.2, 0.25) is 0 Å². The predicted octanol–water partition coefficient (Wildman–Crippen LogP) is 20.0. The van der Waals surface area contributed by atoms with Crippen molar-refractivity contribution in [3.8, 4) is 0 Å². The van der Waals surface area contributed by atoms with Crippen molar-refractivity contribution in [1.82, 2.24) is 0 Å². The van der Waals surface area contributed by atoms with Gasteiger partial charge in [0.15, 0.2) is 6.10 Å². The third-order valence-electron chi connectivity index (χ3n) is 15.1. The number of esters is 2. The number of phosphoric ester groups is 1. The van der Waals surface area contributed by atoms with Gasteiger partial charge in [-0.05, 0) is 12.8 Å². The van der Waals surface area contributed by atoms with Gasteiger partial charge < -0.3 is 27.9 Å². The number of ether oxygens (including phenoxy) is 2. The molecule has 0 bridgehead atoms. The first-order valence-corrected chi connectivity index (χ1v) is 34.2. The normalized spacial score (nSPS) is 13.1. The topological polar surface area (TPSA) is 111 Å². The molecule has 2 atom stereocenters. The van der Waals surface area contributed by atoms with Crippen molar-refractivity contribution in [3.05, 3.63) is 0 Å². The lowest BCUT2D eigenvalue weighted by molar-refractivity contribution is -0.870. The molecule has 0 aliphatic carbocycles. The highest BCUT2D eigenvalue weighted by atomic mass is 31.2. The van der Waals surface area contributed by atoms with Crippen molar-refractivity contribution in [3.63, 3.8) is 0 Å². The fourth-order valence-corrected chi connectivity index (χ4v) is 10.8. The number of unbranched alkanes of at least 4 members (excludes halogenated alkanes) is 48. The summed E-state index contributed by atoms with van der Waals surface area (Å²) in [5.74, 6) is -0.809. The summed E-state index contributed by atoms with van der Waals surface area (Å²) in [6.45, 7) is 4.31. The minimum Gasteiger partial charge on any atom is -0.756 e. The zero-order valence-electron chi connectivity index (χ0n) is 50.3. The van der Waals surface area contributed by atoms with E-state index in [-0.39, 0.29) is 32.0 Å². The molecule has 0 radical (unpaired) electrons. The highest BCUT2D eigenvalue weighted by Crippen LogP contribution is 2.38. The summed E-state index contributed by atoms with van der Waals surface area (Å²) in [6, 6.07) is 0. The zero-order chi connectivity index (χ0) is 54.2. The molecule has 0 rings (SSSR count). The summed E-state index contributed by atoms with van der Waals surface area (Å²) < 4.78 is 34.2. The van der Waals surface area contributed by atoms with E-state index in [0.29, 0.717) is 17.4 Å². The average molecular weight is 1070 g/mol. The summed E-state index contributed by atoms with van der Waals surface area (Å²) in [5.41, 5.74) is 0. The average Bonchev–Trinajstić information content (AvgIpc) is 3.36. The Balaban J connectivity index is 3.90. The standard InChI is InChI=1S/C64H128NO8P/c1-6-8-10-12-14-16-18-20-22-23-24-25-26-27-28-29-30-31-32-33-34-35-36-37-38-39-40-41-43-45-47-49-51-53-55-57-64(67)73-62(61-72-74(68,69)71-59-58-65(3,4)5)60-70-63(66)56-54-52-50-48-46-44-42-21-19-17-15-13-11-9-7-2/h62H,6-61H2,1-5H3. The van der Waals surface area contributed by atoms with Crippen LogP contribution in [0.3, 0.4) is 0 Å². The molecule has 442 valence electrons. The van der Waals surface area contributed by atoms with Crippen molar-refractivity contribution in [2.45, 2.75) is 354 Å². The lowest BCUT2D eigenvalue weighted by Crippen LogP contribution is -2.37. The monoisotopic (exact) mass is 1070 g/mol. The van der Waals surface area contributed by atoms with Crippen LogP contribution in [0.5, 0.6) is 0 Å². The second-order valence-corrected chi connectivity index (χ2v) is 25.3. The molecule has 9 nitrogen and oxygen atoms in total. The van der Waals surface area contributed by atoms with Gasteiger partial charge in [-0.2, -0.15) is 0 Å². The molecule has 0 saturated carbocycles. The van der Waals surface area contributed by atoms with Gasteiger partial charge in [0.25, 0.3) is 7.82 Å². The molecule has 10 heteroatoms. The van der Waals surface area contributed by atoms with Crippen molar-refractivity contribution >= 4 is 19.8 Å². The van der Waals surface area contributed by atoms with Crippen molar-refractivity contribution in [2.75, 3.05) is 47.5 Å². The summed E-state index contributed by atoms with van der Waals surface area (Å²) in [7, 11) is 1.19. The van der Waals surface area contributed by atoms with Crippen LogP contribution in [-0.2, 0) is 32.7 Å². The Morgan fingerprint density at radius 1 is 0.365 bits per heavy atom. The second-order valence-electron chi connectivity index (χ2n) is 23.9. The van der Waals surface area contributed by atoms with Crippen LogP contribution in [0.1, 0.15) is 348 Å². The number of nitrogens with zero attached hydrogens (tertiary/aromatic N) is 1. The minimum absolute atomic E-state index is 0.0251. The van der Waals surface area contributed by atoms with Gasteiger partial charge in [-0.1, -0.05) is 322 Å². The Morgan fingerprint density at radius 3 is 0.865 bits per heavy atom. The molecule has 0 amide bonds. The van der Waals surface area contributed by atoms with Gasteiger partial charge in [-0.3, -0.25) is 14.2 Å². The Kier molecular flexibility index (Phi) is 56.0. The van der Waals surface area contributed by atoms with Gasteiger partial charge in [-0.15, -0.1) is 0 Å². The first-order chi connectivity index (χ1) is 36.0. The summed E-state index contributed by atoms with van der Waals surface area (Å²) in [6.07, 6.45) is 66.2. The van der Waals surface area contributed by atoms with Crippen LogP contribution < -0.4 is 4.89 Å². The molecule has 0 saturated heterocycles. The predicted molar refractivity (Wildman–Crippen MR) is 315 cm³/mol. The van der Waals surface area contributed by atoms with E-state index < -0.39 is 26.5 Å². The van der Waals surface area contributed by atoms with Crippen molar-refractivity contribution in [1.29, 1.82) is 0 Å². The number of hydrogen-bond acceptors (Lipinski definition) is 8. The SMILES string of the molecule is CCCCCCCCCCCCCCCCCCCCCCCCCCCCCCCCCCCCCC(=O)OC(COC(=O)CCCCCCCCCCCCCCCCC)COP(=O)([O-])OCC[N+](C)(C)C. The fraction of sp³-hybridized carbons (Fsp3) is 0.969. The van der Waals surface area contributed by atoms with Crippen molar-refractivity contribution in [2.24, 2.45) is 0 Å². The minimum atomic E-state index is -4.63. The largest absolute Gasteiger partial charge is 0.756 e. The molecule has 0 fully saturated rings. The Morgan fingerprint density at radius 2 is 0.608 bits per heavy atom. The number of quaternary nitrogens is 1. The van der Waals surface area contributed by atoms with E-state index in [0.717, 1.165) is 32.1 Å². The smallest absolute Gasteiger partial charge is 0.306 e. The Bertz CT molecular complexity index is 1210. The number of likely N-dealkylation sites (N-methyl/N-ethyl adjacent to an activating group) is 1. The molecular weight excluding hydrogens is 942 g/mol. The third kappa shape index (κ3) is 60.2. The zero-order valence-corrected chi connectivity index (χ0v) is 51.2. The summed E-state index contributed by atoms with van der Waals surface area (Å²) in [4.78, 5) is 37.9. The number of rotatable bonds is 62. The molecule has 2 unspecified atom stereocenters. The Labute approximate surface area is 461 Å². The molecule has 0 heterocycles. The number of phosphoric acid groups is 1. The van der Waals surface area contributed by atoms with E-state index in [2.05, 4.69) is 13.8 Å². The maximum absolute atomic E-state index is 12.8. The maximum atomic E-state index is 12.8. The molecule has 74 heavy (non-hydrogen) atoms. The van der Waals surface area contributed by atoms with Crippen LogP contribution in [0.25, 0.3) is 0 Å². The molecule has 0 aromatic heterocycles. The summed E-state index contributed by atoms with van der Waals surface area (Å²) >= 11 is 0. The van der Waals surface area contributed by atoms with E-state index in [1.807, 2.05) is 21.1 Å². The van der Waals surface area contributed by atoms with Crippen LogP contribution in [0, 0.1) is 0 Å². The van der Waals surface area contributed by atoms with E-state index in [4.69, 9.17) is 18.5 Å². The van der Waals surface area contributed by atoms with Crippen molar-refractivity contribution < 1.29 is 42.1 Å². The molecule has 0 spiro atoms. The molecule has 0 N–H and O–H groups in total. The van der Waals surface area contributed by atoms with Gasteiger partial charge in [0, 0.05) is 12.8 Å². The van der Waals surface area contributed by atoms with Crippen LogP contribution >= 0.6 is 7.82 Å². The summed E-state index contributed by atoms with van der Waals surface area (Å²) in [5, 5.41) is 0. The van der Waals surface area contributed by atoms with Crippen LogP contribution in [0.2, 0.25) is 0 Å². The van der Waals surface area contributed by atoms with Crippen LogP contribution in [0.15, 0.2) is 0 Å². The third-order valence-corrected chi connectivity index (χ3v) is 16.1. The molecule has 0 aliphatic rings. The lowest BCUT2D eigenvalue weighted by Gasteiger charge is -2.28. The van der Waals surface area contributed by atoms with Crippen LogP contribution in [0.4, 0.5) is 0 Å². The van der Waals surface area contributed by atoms with E-state index in [1.54, 1.807) is 0 Å². The first kappa shape index (κ1) is 73.0. The highest BCUT2D eigenvalue weighted by molar-refractivity contribution is 7.45. The molecule has 0 aromatic rings. The maximum Gasteiger partial charge on any atom is 0.306 e. The Hall–Kier alpha value is -0.990. The lowest BCUT2D eigenvalue weighted by atomic mass is 10.0. The number of carbonyl (C=O) groups is 2. The molecule has 0 aromatic carbocycles. The molecule has 0 aliphatic heterocycles. The van der Waals surface area contributed by atoms with E-state index in [1.165, 1.54) is 283 Å².